The van der Waals surface area contributed by atoms with E-state index in [1.165, 1.54) is 6.07 Å². The van der Waals surface area contributed by atoms with Gasteiger partial charge in [0.15, 0.2) is 0 Å². The molecule has 0 bridgehead atoms. The second kappa shape index (κ2) is 7.95. The number of carbonyl (C=O) groups is 2. The number of hydrogen-bond donors (Lipinski definition) is 0. The Morgan fingerprint density at radius 2 is 1.47 bits per heavy atom. The Morgan fingerprint density at radius 1 is 0.833 bits per heavy atom. The largest absolute Gasteiger partial charge is 0.339 e. The van der Waals surface area contributed by atoms with Gasteiger partial charge in [-0.3, -0.25) is 14.5 Å². The molecule has 0 fully saturated rings. The van der Waals surface area contributed by atoms with Crippen LogP contribution in [0.15, 0.2) is 84.6 Å². The molecule has 0 radical (unpaired) electrons. The zero-order valence-corrected chi connectivity index (χ0v) is 16.8. The quantitative estimate of drug-likeness (QED) is 0.590. The first kappa shape index (κ1) is 19.6. The lowest BCUT2D eigenvalue weighted by atomic mass is 10.0. The molecule has 1 aliphatic rings. The fourth-order valence-electron chi connectivity index (χ4n) is 3.58. The number of rotatable bonds is 5. The molecule has 0 spiro atoms. The zero-order valence-electron chi connectivity index (χ0n) is 16.8. The molecule has 0 atom stereocenters. The van der Waals surface area contributed by atoms with Crippen molar-refractivity contribution in [3.05, 3.63) is 107 Å². The van der Waals surface area contributed by atoms with Crippen LogP contribution in [0.3, 0.4) is 0 Å². The van der Waals surface area contributed by atoms with E-state index in [4.69, 9.17) is 0 Å². The summed E-state index contributed by atoms with van der Waals surface area (Å²) in [7, 11) is 1.76. The smallest absolute Gasteiger partial charge is 0.278 e. The maximum Gasteiger partial charge on any atom is 0.278 e. The second-order valence-corrected chi connectivity index (χ2v) is 7.27. The second-order valence-electron chi connectivity index (χ2n) is 7.27. The van der Waals surface area contributed by atoms with Crippen LogP contribution in [0, 0.1) is 12.7 Å². The van der Waals surface area contributed by atoms with Crippen molar-refractivity contribution in [2.75, 3.05) is 11.9 Å². The minimum absolute atomic E-state index is 0.119. The van der Waals surface area contributed by atoms with Crippen molar-refractivity contribution < 1.29 is 14.0 Å². The highest BCUT2D eigenvalue weighted by Gasteiger charge is 2.41. The van der Waals surface area contributed by atoms with Gasteiger partial charge in [-0.05, 0) is 30.7 Å². The van der Waals surface area contributed by atoms with E-state index >= 15 is 0 Å². The number of hydrogen-bond acceptors (Lipinski definition) is 3. The Bertz CT molecular complexity index is 1140. The molecule has 30 heavy (non-hydrogen) atoms. The maximum absolute atomic E-state index is 14.2. The van der Waals surface area contributed by atoms with Crippen LogP contribution in [-0.2, 0) is 16.1 Å². The summed E-state index contributed by atoms with van der Waals surface area (Å²) in [6.07, 6.45) is 0. The minimum atomic E-state index is -0.445. The van der Waals surface area contributed by atoms with Gasteiger partial charge in [-0.25, -0.2) is 4.39 Å². The van der Waals surface area contributed by atoms with Crippen LogP contribution < -0.4 is 4.90 Å². The van der Waals surface area contributed by atoms with Crippen molar-refractivity contribution in [3.63, 3.8) is 0 Å². The molecule has 0 saturated carbocycles. The van der Waals surface area contributed by atoms with Crippen molar-refractivity contribution in [2.24, 2.45) is 0 Å². The Labute approximate surface area is 174 Å². The van der Waals surface area contributed by atoms with Crippen LogP contribution >= 0.6 is 0 Å². The lowest BCUT2D eigenvalue weighted by molar-refractivity contribution is -0.137. The maximum atomic E-state index is 14.2. The predicted octanol–water partition coefficient (Wildman–Crippen LogP) is 4.55. The minimum Gasteiger partial charge on any atom is -0.339 e. The lowest BCUT2D eigenvalue weighted by Gasteiger charge is -2.21. The number of anilines is 1. The van der Waals surface area contributed by atoms with Crippen molar-refractivity contribution in [2.45, 2.75) is 13.5 Å². The summed E-state index contributed by atoms with van der Waals surface area (Å²) in [5, 5.41) is 0. The normalized spacial score (nSPS) is 13.9. The van der Waals surface area contributed by atoms with Gasteiger partial charge >= 0.3 is 0 Å². The third kappa shape index (κ3) is 3.50. The van der Waals surface area contributed by atoms with Crippen LogP contribution in [0.1, 0.15) is 16.7 Å². The summed E-state index contributed by atoms with van der Waals surface area (Å²) in [5.41, 5.74) is 3.40. The third-order valence-corrected chi connectivity index (χ3v) is 5.25. The molecule has 0 saturated heterocycles. The molecule has 0 aromatic heterocycles. The van der Waals surface area contributed by atoms with Gasteiger partial charge in [-0.2, -0.15) is 0 Å². The number of halogens is 1. The van der Waals surface area contributed by atoms with Gasteiger partial charge < -0.3 is 4.90 Å². The molecule has 3 aromatic rings. The van der Waals surface area contributed by atoms with Crippen LogP contribution in [0.25, 0.3) is 5.57 Å². The highest BCUT2D eigenvalue weighted by molar-refractivity contribution is 6.36. The number of amides is 2. The Balaban J connectivity index is 1.80. The summed E-state index contributed by atoms with van der Waals surface area (Å²) in [6, 6.07) is 23.0. The van der Waals surface area contributed by atoms with Gasteiger partial charge in [-0.1, -0.05) is 66.2 Å². The fourth-order valence-corrected chi connectivity index (χ4v) is 3.58. The topological polar surface area (TPSA) is 40.6 Å². The average Bonchev–Trinajstić information content (AvgIpc) is 3.00. The molecule has 1 heterocycles. The molecular formula is C25H21FN2O2. The van der Waals surface area contributed by atoms with Crippen molar-refractivity contribution in [1.29, 1.82) is 0 Å². The van der Waals surface area contributed by atoms with Gasteiger partial charge in [0.2, 0.25) is 0 Å². The molecule has 0 N–H and O–H groups in total. The zero-order chi connectivity index (χ0) is 21.3. The summed E-state index contributed by atoms with van der Waals surface area (Å²) < 4.78 is 14.2. The van der Waals surface area contributed by atoms with Crippen molar-refractivity contribution in [3.8, 4) is 0 Å². The molecule has 4 nitrogen and oxygen atoms in total. The van der Waals surface area contributed by atoms with E-state index in [9.17, 15) is 14.0 Å². The highest BCUT2D eigenvalue weighted by atomic mass is 19.1. The summed E-state index contributed by atoms with van der Waals surface area (Å²) in [4.78, 5) is 29.6. The SMILES string of the molecule is Cc1ccc(C2=C(N(C)c3ccccc3)C(=O)N(Cc3ccccc3F)C2=O)cc1. The molecule has 2 amide bonds. The number of likely N-dealkylation sites (N-methyl/N-ethyl adjacent to an activating group) is 1. The van der Waals surface area contributed by atoms with Crippen LogP contribution in [-0.4, -0.2) is 23.8 Å². The number of aryl methyl sites for hydroxylation is 1. The van der Waals surface area contributed by atoms with Crippen molar-refractivity contribution >= 4 is 23.1 Å². The van der Waals surface area contributed by atoms with Crippen LogP contribution in [0.2, 0.25) is 0 Å². The fraction of sp³-hybridized carbons (Fsp3) is 0.120. The van der Waals surface area contributed by atoms with Crippen molar-refractivity contribution in [1.82, 2.24) is 4.90 Å². The first-order chi connectivity index (χ1) is 14.5. The van der Waals surface area contributed by atoms with E-state index in [1.54, 1.807) is 30.1 Å². The molecule has 1 aliphatic heterocycles. The monoisotopic (exact) mass is 400 g/mol. The van der Waals surface area contributed by atoms with Gasteiger partial charge in [0.25, 0.3) is 11.8 Å². The van der Waals surface area contributed by atoms with Gasteiger partial charge in [0, 0.05) is 18.3 Å². The summed E-state index contributed by atoms with van der Waals surface area (Å²) in [5.74, 6) is -1.31. The molecule has 4 rings (SSSR count). The van der Waals surface area contributed by atoms with Crippen LogP contribution in [0.4, 0.5) is 10.1 Å². The molecule has 0 unspecified atom stereocenters. The molecule has 0 aliphatic carbocycles. The predicted molar refractivity (Wildman–Crippen MR) is 115 cm³/mol. The van der Waals surface area contributed by atoms with Gasteiger partial charge in [0.1, 0.15) is 11.5 Å². The number of imide groups is 1. The highest BCUT2D eigenvalue weighted by Crippen LogP contribution is 2.34. The Kier molecular flexibility index (Phi) is 5.19. The van der Waals surface area contributed by atoms with E-state index in [1.807, 2.05) is 61.5 Å². The van der Waals surface area contributed by atoms with E-state index in [2.05, 4.69) is 0 Å². The molecule has 5 heteroatoms. The van der Waals surface area contributed by atoms with Gasteiger partial charge in [-0.15, -0.1) is 0 Å². The lowest BCUT2D eigenvalue weighted by Crippen LogP contribution is -2.34. The molecule has 3 aromatic carbocycles. The van der Waals surface area contributed by atoms with Gasteiger partial charge in [0.05, 0.1) is 12.1 Å². The van der Waals surface area contributed by atoms with Crippen LogP contribution in [0.5, 0.6) is 0 Å². The standard InChI is InChI=1S/C25H21FN2O2/c1-17-12-14-18(15-13-17)22-23(27(2)20-9-4-3-5-10-20)25(30)28(24(22)29)16-19-8-6-7-11-21(19)26/h3-15H,16H2,1-2H3. The molecular weight excluding hydrogens is 379 g/mol. The first-order valence-corrected chi connectivity index (χ1v) is 9.67. The van der Waals surface area contributed by atoms with E-state index in [0.29, 0.717) is 16.7 Å². The Hall–Kier alpha value is -3.73. The first-order valence-electron chi connectivity index (χ1n) is 9.67. The van der Waals surface area contributed by atoms with E-state index in [0.717, 1.165) is 16.2 Å². The Morgan fingerprint density at radius 3 is 2.13 bits per heavy atom. The average molecular weight is 400 g/mol. The van der Waals surface area contributed by atoms with E-state index < -0.39 is 17.6 Å². The number of benzene rings is 3. The number of para-hydroxylation sites is 1. The number of nitrogens with zero attached hydrogens (tertiary/aromatic N) is 2. The number of carbonyl (C=O) groups excluding carboxylic acids is 2. The summed E-state index contributed by atoms with van der Waals surface area (Å²) >= 11 is 0. The third-order valence-electron chi connectivity index (χ3n) is 5.25. The van der Waals surface area contributed by atoms with E-state index in [-0.39, 0.29) is 12.2 Å². The molecule has 150 valence electrons. The summed E-state index contributed by atoms with van der Waals surface area (Å²) in [6.45, 7) is 1.84.